The summed E-state index contributed by atoms with van der Waals surface area (Å²) in [6.07, 6.45) is 2.47. The number of hydrogen-bond donors (Lipinski definition) is 0. The van der Waals surface area contributed by atoms with Gasteiger partial charge in [-0.3, -0.25) is 0 Å². The van der Waals surface area contributed by atoms with Gasteiger partial charge in [0.1, 0.15) is 0 Å². The van der Waals surface area contributed by atoms with Crippen molar-refractivity contribution in [3.05, 3.63) is 101 Å². The minimum atomic E-state index is -1.86. The minimum Gasteiger partial charge on any atom is -0.148 e. The maximum absolute atomic E-state index is 2.58. The standard InChI is InChI=1S/C30H27Si/c1-19-17-27-23-11-7-5-9-21(23)13-15-25(27)29(19)31(3,4)30-20(2)18-28-24-12-8-6-10-22(24)14-16-26(28)30/h5-18,29H,1-4H3/q-1. The Morgan fingerprint density at radius 1 is 0.774 bits per heavy atom. The summed E-state index contributed by atoms with van der Waals surface area (Å²) in [7, 11) is -1.86. The topological polar surface area (TPSA) is 0 Å². The van der Waals surface area contributed by atoms with E-state index in [4.69, 9.17) is 0 Å². The third-order valence-corrected chi connectivity index (χ3v) is 11.7. The second-order valence-corrected chi connectivity index (χ2v) is 14.3. The maximum atomic E-state index is 2.58. The summed E-state index contributed by atoms with van der Waals surface area (Å²) in [6.45, 7) is 9.84. The van der Waals surface area contributed by atoms with Crippen LogP contribution in [0.5, 0.6) is 0 Å². The van der Waals surface area contributed by atoms with Gasteiger partial charge in [0.2, 0.25) is 0 Å². The van der Waals surface area contributed by atoms with Gasteiger partial charge in [-0.2, -0.15) is 0 Å². The first kappa shape index (κ1) is 18.7. The van der Waals surface area contributed by atoms with E-state index in [1.54, 1.807) is 5.19 Å². The zero-order valence-corrected chi connectivity index (χ0v) is 19.7. The highest BCUT2D eigenvalue weighted by atomic mass is 28.3. The average Bonchev–Trinajstić information content (AvgIpc) is 3.30. The van der Waals surface area contributed by atoms with Gasteiger partial charge in [-0.1, -0.05) is 108 Å². The largest absolute Gasteiger partial charge is 0.148 e. The molecule has 0 spiro atoms. The van der Waals surface area contributed by atoms with Crippen LogP contribution in [-0.2, 0) is 0 Å². The van der Waals surface area contributed by atoms with E-state index in [2.05, 4.69) is 112 Å². The zero-order valence-electron chi connectivity index (χ0n) is 18.7. The normalized spacial score (nSPS) is 16.3. The van der Waals surface area contributed by atoms with Crippen LogP contribution in [0.4, 0.5) is 0 Å². The molecule has 31 heavy (non-hydrogen) atoms. The third-order valence-electron chi connectivity index (χ3n) is 7.50. The average molecular weight is 416 g/mol. The summed E-state index contributed by atoms with van der Waals surface area (Å²) in [5, 5.41) is 9.96. The molecule has 0 bridgehead atoms. The molecule has 1 aliphatic carbocycles. The molecule has 0 N–H and O–H groups in total. The van der Waals surface area contributed by atoms with Gasteiger partial charge in [0.05, 0.1) is 8.07 Å². The summed E-state index contributed by atoms with van der Waals surface area (Å²) in [5.41, 5.74) is 6.48. The van der Waals surface area contributed by atoms with Crippen LogP contribution in [0.2, 0.25) is 13.1 Å². The fourth-order valence-electron chi connectivity index (χ4n) is 6.41. The molecular weight excluding hydrogens is 388 g/mol. The monoisotopic (exact) mass is 415 g/mol. The van der Waals surface area contributed by atoms with Gasteiger partial charge in [-0.25, -0.2) is 0 Å². The number of rotatable bonds is 2. The van der Waals surface area contributed by atoms with E-state index in [1.807, 2.05) is 0 Å². The Kier molecular flexibility index (Phi) is 3.91. The Morgan fingerprint density at radius 2 is 1.45 bits per heavy atom. The number of hydrogen-bond acceptors (Lipinski definition) is 0. The molecule has 5 aromatic carbocycles. The first-order valence-electron chi connectivity index (χ1n) is 11.2. The minimum absolute atomic E-state index is 0.517. The molecule has 152 valence electrons. The van der Waals surface area contributed by atoms with E-state index >= 15 is 0 Å². The molecule has 0 saturated heterocycles. The summed E-state index contributed by atoms with van der Waals surface area (Å²) in [5.74, 6) is 0. The van der Waals surface area contributed by atoms with Gasteiger partial charge in [0, 0.05) is 5.54 Å². The van der Waals surface area contributed by atoms with E-state index < -0.39 is 8.07 Å². The summed E-state index contributed by atoms with van der Waals surface area (Å²) < 4.78 is 0. The van der Waals surface area contributed by atoms with Crippen molar-refractivity contribution in [2.75, 3.05) is 0 Å². The second kappa shape index (κ2) is 6.48. The Bertz CT molecular complexity index is 1530. The van der Waals surface area contributed by atoms with E-state index in [1.165, 1.54) is 54.6 Å². The van der Waals surface area contributed by atoms with Crippen molar-refractivity contribution >= 4 is 51.7 Å². The Morgan fingerprint density at radius 3 is 2.23 bits per heavy atom. The molecule has 0 heterocycles. The van der Waals surface area contributed by atoms with Gasteiger partial charge in [0.25, 0.3) is 0 Å². The molecule has 0 radical (unpaired) electrons. The highest BCUT2D eigenvalue weighted by molar-refractivity contribution is 6.93. The zero-order chi connectivity index (χ0) is 21.3. The summed E-state index contributed by atoms with van der Waals surface area (Å²) in [4.78, 5) is 0. The van der Waals surface area contributed by atoms with Crippen molar-refractivity contribution in [2.45, 2.75) is 32.5 Å². The summed E-state index contributed by atoms with van der Waals surface area (Å²) in [6, 6.07) is 29.5. The first-order chi connectivity index (χ1) is 15.0. The molecule has 1 aliphatic rings. The van der Waals surface area contributed by atoms with Crippen LogP contribution >= 0.6 is 0 Å². The third kappa shape index (κ3) is 2.56. The lowest BCUT2D eigenvalue weighted by atomic mass is 10.0. The van der Waals surface area contributed by atoms with Crippen molar-refractivity contribution in [2.24, 2.45) is 0 Å². The van der Waals surface area contributed by atoms with E-state index in [-0.39, 0.29) is 0 Å². The lowest BCUT2D eigenvalue weighted by molar-refractivity contribution is 1.09. The molecule has 1 unspecified atom stereocenters. The van der Waals surface area contributed by atoms with Gasteiger partial charge >= 0.3 is 0 Å². The SMILES string of the molecule is CC1=Cc2c(ccc3ccccc23)C1[Si](C)(C)c1c(C)cc2c3ccccc3cc[c-]12. The molecule has 1 atom stereocenters. The van der Waals surface area contributed by atoms with Gasteiger partial charge < -0.3 is 0 Å². The lowest BCUT2D eigenvalue weighted by Crippen LogP contribution is -2.48. The lowest BCUT2D eigenvalue weighted by Gasteiger charge is -2.35. The highest BCUT2D eigenvalue weighted by Crippen LogP contribution is 2.45. The van der Waals surface area contributed by atoms with Gasteiger partial charge in [-0.05, 0) is 28.8 Å². The van der Waals surface area contributed by atoms with Crippen LogP contribution in [0.1, 0.15) is 29.2 Å². The van der Waals surface area contributed by atoms with Crippen molar-refractivity contribution in [3.63, 3.8) is 0 Å². The predicted molar refractivity (Wildman–Crippen MR) is 139 cm³/mol. The number of aryl methyl sites for hydroxylation is 1. The van der Waals surface area contributed by atoms with Crippen LogP contribution in [0.3, 0.4) is 0 Å². The van der Waals surface area contributed by atoms with Crippen LogP contribution in [-0.4, -0.2) is 8.07 Å². The quantitative estimate of drug-likeness (QED) is 0.203. The number of allylic oxidation sites excluding steroid dienone is 1. The van der Waals surface area contributed by atoms with Crippen LogP contribution < -0.4 is 5.19 Å². The Labute approximate surface area is 185 Å². The van der Waals surface area contributed by atoms with Crippen LogP contribution in [0, 0.1) is 6.92 Å². The summed E-state index contributed by atoms with van der Waals surface area (Å²) >= 11 is 0. The van der Waals surface area contributed by atoms with Gasteiger partial charge in [0.15, 0.2) is 0 Å². The van der Waals surface area contributed by atoms with Gasteiger partial charge in [-0.15, -0.1) is 34.3 Å². The highest BCUT2D eigenvalue weighted by Gasteiger charge is 2.40. The van der Waals surface area contributed by atoms with E-state index in [0.717, 1.165) is 0 Å². The molecule has 0 fully saturated rings. The molecular formula is C30H27Si-. The van der Waals surface area contributed by atoms with Crippen molar-refractivity contribution < 1.29 is 0 Å². The number of benzene rings is 4. The smallest absolute Gasteiger partial charge is 0.0762 e. The van der Waals surface area contributed by atoms with Crippen molar-refractivity contribution in [3.8, 4) is 0 Å². The van der Waals surface area contributed by atoms with Crippen LogP contribution in [0.25, 0.3) is 38.4 Å². The van der Waals surface area contributed by atoms with E-state index in [9.17, 15) is 0 Å². The molecule has 5 aromatic rings. The maximum Gasteiger partial charge on any atom is 0.0762 e. The second-order valence-electron chi connectivity index (χ2n) is 9.78. The predicted octanol–water partition coefficient (Wildman–Crippen LogP) is 7.83. The van der Waals surface area contributed by atoms with Crippen molar-refractivity contribution in [1.29, 1.82) is 0 Å². The molecule has 6 rings (SSSR count). The van der Waals surface area contributed by atoms with Crippen molar-refractivity contribution in [1.82, 2.24) is 0 Å². The van der Waals surface area contributed by atoms with Crippen LogP contribution in [0.15, 0.2) is 84.4 Å². The molecule has 0 amide bonds. The Balaban J connectivity index is 1.59. The molecule has 0 saturated carbocycles. The molecule has 0 aromatic heterocycles. The van der Waals surface area contributed by atoms with E-state index in [0.29, 0.717) is 5.54 Å². The Hall–Kier alpha value is -3.03. The molecule has 0 nitrogen and oxygen atoms in total. The first-order valence-corrected chi connectivity index (χ1v) is 14.3. The fraction of sp³-hybridized carbons (Fsp3) is 0.167. The molecule has 0 aliphatic heterocycles. The molecule has 1 heteroatoms. The fourth-order valence-corrected chi connectivity index (χ4v) is 10.9. The number of fused-ring (bicyclic) bond motifs is 6.